The lowest BCUT2D eigenvalue weighted by Crippen LogP contribution is -2.52. The highest BCUT2D eigenvalue weighted by Crippen LogP contribution is 2.32. The molecule has 2 nitrogen and oxygen atoms in total. The summed E-state index contributed by atoms with van der Waals surface area (Å²) in [5.41, 5.74) is 2.81. The van der Waals surface area contributed by atoms with E-state index in [1.54, 1.807) is 0 Å². The Morgan fingerprint density at radius 3 is 1.71 bits per heavy atom. The van der Waals surface area contributed by atoms with Gasteiger partial charge in [0.2, 0.25) is 0 Å². The first-order chi connectivity index (χ1) is 10.4. The Kier molecular flexibility index (Phi) is 3.50. The second-order valence-corrected chi connectivity index (χ2v) is 6.32. The van der Waals surface area contributed by atoms with E-state index in [-0.39, 0.29) is 0 Å². The lowest BCUT2D eigenvalue weighted by molar-refractivity contribution is 0.160. The Labute approximate surface area is 126 Å². The lowest BCUT2D eigenvalue weighted by Gasteiger charge is -2.39. The van der Waals surface area contributed by atoms with Crippen molar-refractivity contribution in [2.45, 2.75) is 31.0 Å². The molecule has 2 saturated heterocycles. The van der Waals surface area contributed by atoms with E-state index in [1.165, 1.54) is 24.0 Å². The van der Waals surface area contributed by atoms with Gasteiger partial charge in [-0.15, -0.1) is 0 Å². The molecule has 0 aliphatic carbocycles. The molecular weight excluding hydrogens is 256 g/mol. The van der Waals surface area contributed by atoms with Gasteiger partial charge in [0.15, 0.2) is 0 Å². The van der Waals surface area contributed by atoms with Crippen molar-refractivity contribution < 1.29 is 0 Å². The summed E-state index contributed by atoms with van der Waals surface area (Å²) in [6.07, 6.45) is 2.66. The summed E-state index contributed by atoms with van der Waals surface area (Å²) in [4.78, 5) is 2.67. The third-order valence-corrected chi connectivity index (χ3v) is 4.84. The molecule has 2 atom stereocenters. The molecular formula is C19H22N2. The quantitative estimate of drug-likeness (QED) is 0.927. The number of fused-ring (bicyclic) bond motifs is 2. The summed E-state index contributed by atoms with van der Waals surface area (Å²) in [5.74, 6) is 0. The third-order valence-electron chi connectivity index (χ3n) is 4.84. The molecule has 0 amide bonds. The minimum absolute atomic E-state index is 0.387. The van der Waals surface area contributed by atoms with Crippen LogP contribution < -0.4 is 5.32 Å². The van der Waals surface area contributed by atoms with Crippen molar-refractivity contribution in [2.24, 2.45) is 0 Å². The molecule has 0 saturated carbocycles. The van der Waals surface area contributed by atoms with Crippen LogP contribution in [0, 0.1) is 0 Å². The average Bonchev–Trinajstić information content (AvgIpc) is 2.88. The van der Waals surface area contributed by atoms with Gasteiger partial charge in [-0.25, -0.2) is 0 Å². The van der Waals surface area contributed by atoms with E-state index >= 15 is 0 Å². The molecule has 2 fully saturated rings. The Morgan fingerprint density at radius 2 is 1.24 bits per heavy atom. The Balaban J connectivity index is 1.70. The highest BCUT2D eigenvalue weighted by atomic mass is 15.3. The number of piperazine rings is 1. The maximum atomic E-state index is 3.74. The van der Waals surface area contributed by atoms with Crippen LogP contribution >= 0.6 is 0 Å². The summed E-state index contributed by atoms with van der Waals surface area (Å²) < 4.78 is 0. The van der Waals surface area contributed by atoms with Crippen LogP contribution in [0.4, 0.5) is 0 Å². The molecule has 2 aromatic carbocycles. The highest BCUT2D eigenvalue weighted by Gasteiger charge is 2.35. The van der Waals surface area contributed by atoms with E-state index in [0.29, 0.717) is 18.1 Å². The summed E-state index contributed by atoms with van der Waals surface area (Å²) in [6, 6.07) is 23.6. The largest absolute Gasteiger partial charge is 0.309 e. The number of likely N-dealkylation sites (tertiary alicyclic amines) is 1. The second kappa shape index (κ2) is 5.63. The van der Waals surface area contributed by atoms with Crippen LogP contribution in [-0.4, -0.2) is 30.1 Å². The van der Waals surface area contributed by atoms with E-state index in [1.807, 2.05) is 0 Å². The first kappa shape index (κ1) is 13.1. The van der Waals surface area contributed by atoms with E-state index in [2.05, 4.69) is 70.9 Å². The van der Waals surface area contributed by atoms with Crippen molar-refractivity contribution in [3.8, 4) is 0 Å². The van der Waals surface area contributed by atoms with Crippen LogP contribution in [0.1, 0.15) is 30.0 Å². The van der Waals surface area contributed by atoms with Crippen molar-refractivity contribution in [1.82, 2.24) is 10.2 Å². The molecule has 2 heterocycles. The van der Waals surface area contributed by atoms with Gasteiger partial charge in [-0.1, -0.05) is 60.7 Å². The van der Waals surface area contributed by atoms with Crippen molar-refractivity contribution in [3.05, 3.63) is 71.8 Å². The van der Waals surface area contributed by atoms with Gasteiger partial charge in [0.25, 0.3) is 0 Å². The van der Waals surface area contributed by atoms with E-state index in [9.17, 15) is 0 Å². The molecule has 0 spiro atoms. The Bertz CT molecular complexity index is 530. The normalized spacial score (nSPS) is 25.4. The molecule has 2 bridgehead atoms. The topological polar surface area (TPSA) is 15.3 Å². The van der Waals surface area contributed by atoms with Gasteiger partial charge < -0.3 is 5.32 Å². The highest BCUT2D eigenvalue weighted by molar-refractivity contribution is 5.32. The minimum atomic E-state index is 0.387. The maximum absolute atomic E-state index is 3.74. The summed E-state index contributed by atoms with van der Waals surface area (Å²) >= 11 is 0. The first-order valence-corrected chi connectivity index (χ1v) is 8.00. The van der Waals surface area contributed by atoms with Gasteiger partial charge in [-0.05, 0) is 24.0 Å². The maximum Gasteiger partial charge on any atom is 0.0602 e. The fraction of sp³-hybridized carbons (Fsp3) is 0.368. The molecule has 1 N–H and O–H groups in total. The van der Waals surface area contributed by atoms with Gasteiger partial charge in [0, 0.05) is 25.2 Å². The summed E-state index contributed by atoms with van der Waals surface area (Å²) in [5, 5.41) is 3.74. The average molecular weight is 278 g/mol. The predicted molar refractivity (Wildman–Crippen MR) is 86.2 cm³/mol. The standard InChI is InChI=1S/C19H22N2/c1-3-7-15(8-4-1)19(16-9-5-2-6-10-16)21-13-17-11-12-18(14-21)20-17/h1-10,17-20H,11-14H2. The minimum Gasteiger partial charge on any atom is -0.309 e. The molecule has 2 aliphatic rings. The van der Waals surface area contributed by atoms with Crippen LogP contribution in [-0.2, 0) is 0 Å². The van der Waals surface area contributed by atoms with Crippen LogP contribution in [0.3, 0.4) is 0 Å². The van der Waals surface area contributed by atoms with E-state index < -0.39 is 0 Å². The van der Waals surface area contributed by atoms with Gasteiger partial charge in [-0.2, -0.15) is 0 Å². The number of hydrogen-bond acceptors (Lipinski definition) is 2. The number of rotatable bonds is 3. The van der Waals surface area contributed by atoms with Crippen molar-refractivity contribution >= 4 is 0 Å². The molecule has 21 heavy (non-hydrogen) atoms. The van der Waals surface area contributed by atoms with Crippen LogP contribution in [0.5, 0.6) is 0 Å². The zero-order valence-electron chi connectivity index (χ0n) is 12.3. The van der Waals surface area contributed by atoms with E-state index in [0.717, 1.165) is 13.1 Å². The van der Waals surface area contributed by atoms with Gasteiger partial charge in [0.1, 0.15) is 0 Å². The molecule has 0 radical (unpaired) electrons. The molecule has 4 rings (SSSR count). The Hall–Kier alpha value is -1.64. The third kappa shape index (κ3) is 2.61. The van der Waals surface area contributed by atoms with Gasteiger partial charge >= 0.3 is 0 Å². The smallest absolute Gasteiger partial charge is 0.0602 e. The number of hydrogen-bond donors (Lipinski definition) is 1. The van der Waals surface area contributed by atoms with E-state index in [4.69, 9.17) is 0 Å². The van der Waals surface area contributed by atoms with Crippen molar-refractivity contribution in [1.29, 1.82) is 0 Å². The summed E-state index contributed by atoms with van der Waals surface area (Å²) in [7, 11) is 0. The fourth-order valence-corrected chi connectivity index (χ4v) is 3.93. The monoisotopic (exact) mass is 278 g/mol. The second-order valence-electron chi connectivity index (χ2n) is 6.32. The van der Waals surface area contributed by atoms with Crippen LogP contribution in [0.15, 0.2) is 60.7 Å². The number of nitrogens with zero attached hydrogens (tertiary/aromatic N) is 1. The van der Waals surface area contributed by atoms with Crippen LogP contribution in [0.2, 0.25) is 0 Å². The fourth-order valence-electron chi connectivity index (χ4n) is 3.93. The van der Waals surface area contributed by atoms with Crippen molar-refractivity contribution in [2.75, 3.05) is 13.1 Å². The molecule has 108 valence electrons. The molecule has 2 aromatic rings. The SMILES string of the molecule is c1ccc(C(c2ccccc2)N2CC3CCC(C2)N3)cc1. The molecule has 2 unspecified atom stereocenters. The van der Waals surface area contributed by atoms with Crippen LogP contribution in [0.25, 0.3) is 0 Å². The molecule has 2 aliphatic heterocycles. The summed E-state index contributed by atoms with van der Waals surface area (Å²) in [6.45, 7) is 2.32. The zero-order valence-corrected chi connectivity index (χ0v) is 12.3. The number of benzene rings is 2. The van der Waals surface area contributed by atoms with Gasteiger partial charge in [0.05, 0.1) is 6.04 Å². The lowest BCUT2D eigenvalue weighted by atomic mass is 9.96. The van der Waals surface area contributed by atoms with Crippen molar-refractivity contribution in [3.63, 3.8) is 0 Å². The molecule has 2 heteroatoms. The Morgan fingerprint density at radius 1 is 0.762 bits per heavy atom. The van der Waals surface area contributed by atoms with Gasteiger partial charge in [-0.3, -0.25) is 4.90 Å². The number of nitrogens with one attached hydrogen (secondary N) is 1. The zero-order chi connectivity index (χ0) is 14.1. The molecule has 0 aromatic heterocycles. The predicted octanol–water partition coefficient (Wildman–Crippen LogP) is 3.21. The first-order valence-electron chi connectivity index (χ1n) is 8.00.